The van der Waals surface area contributed by atoms with Crippen LogP contribution in [0.15, 0.2) is 0 Å². The fourth-order valence-corrected chi connectivity index (χ4v) is 1.77. The molecular formula is C5H8Cl2F4OSi. The second-order valence-corrected chi connectivity index (χ2v) is 9.93. The number of ether oxygens (including phenoxy) is 1. The lowest BCUT2D eigenvalue weighted by molar-refractivity contribution is -0.318. The molecule has 0 unspecified atom stereocenters. The van der Waals surface area contributed by atoms with E-state index in [0.29, 0.717) is 6.55 Å². The molecule has 0 atom stereocenters. The van der Waals surface area contributed by atoms with Crippen molar-refractivity contribution in [3.8, 4) is 0 Å². The van der Waals surface area contributed by atoms with E-state index in [4.69, 9.17) is 22.2 Å². The average Bonchev–Trinajstić information content (AvgIpc) is 1.84. The Morgan fingerprint density at radius 2 is 1.62 bits per heavy atom. The van der Waals surface area contributed by atoms with E-state index in [9.17, 15) is 17.6 Å². The van der Waals surface area contributed by atoms with Crippen LogP contribution in [0.2, 0.25) is 6.55 Å². The Morgan fingerprint density at radius 1 is 1.23 bits per heavy atom. The standard InChI is InChI=1S/C5H8Cl2F4OSi/c1-3-12-4(8,9)5(10,11)13(2,6)7/h3H2,1-2H3. The third-order valence-corrected chi connectivity index (χ3v) is 4.06. The number of alkyl halides is 4. The van der Waals surface area contributed by atoms with Crippen molar-refractivity contribution in [1.29, 1.82) is 0 Å². The third kappa shape index (κ3) is 2.71. The molecule has 0 spiro atoms. The molecule has 13 heavy (non-hydrogen) atoms. The predicted octanol–water partition coefficient (Wildman–Crippen LogP) is 3.34. The van der Waals surface area contributed by atoms with Crippen LogP contribution < -0.4 is 0 Å². The molecule has 0 aromatic heterocycles. The summed E-state index contributed by atoms with van der Waals surface area (Å²) < 4.78 is 54.4. The van der Waals surface area contributed by atoms with Gasteiger partial charge in [-0.25, -0.2) is 0 Å². The summed E-state index contributed by atoms with van der Waals surface area (Å²) in [6.07, 6.45) is -4.60. The average molecular weight is 259 g/mol. The van der Waals surface area contributed by atoms with Gasteiger partial charge in [-0.3, -0.25) is 0 Å². The van der Waals surface area contributed by atoms with Gasteiger partial charge in [-0.05, 0) is 13.5 Å². The Kier molecular flexibility index (Phi) is 4.06. The molecule has 0 aromatic carbocycles. The van der Waals surface area contributed by atoms with Crippen molar-refractivity contribution >= 4 is 28.9 Å². The number of hydrogen-bond acceptors (Lipinski definition) is 1. The maximum absolute atomic E-state index is 12.8. The fraction of sp³-hybridized carbons (Fsp3) is 1.00. The van der Waals surface area contributed by atoms with Gasteiger partial charge >= 0.3 is 18.3 Å². The molecule has 0 aliphatic rings. The second kappa shape index (κ2) is 3.92. The highest BCUT2D eigenvalue weighted by Gasteiger charge is 2.69. The van der Waals surface area contributed by atoms with Crippen molar-refractivity contribution in [2.45, 2.75) is 25.1 Å². The lowest BCUT2D eigenvalue weighted by atomic mass is 10.6. The van der Waals surface area contributed by atoms with Crippen LogP contribution in [0.1, 0.15) is 6.92 Å². The SMILES string of the molecule is CCOC(F)(F)C(F)(F)[Si](C)(Cl)Cl. The Balaban J connectivity index is 4.81. The molecule has 0 aliphatic heterocycles. The minimum atomic E-state index is -4.60. The van der Waals surface area contributed by atoms with Crippen LogP contribution in [0.25, 0.3) is 0 Å². The predicted molar refractivity (Wildman–Crippen MR) is 44.8 cm³/mol. The molecule has 1 nitrogen and oxygen atoms in total. The van der Waals surface area contributed by atoms with Gasteiger partial charge in [-0.15, -0.1) is 22.2 Å². The molecule has 0 saturated heterocycles. The van der Waals surface area contributed by atoms with Crippen molar-refractivity contribution in [2.75, 3.05) is 6.61 Å². The van der Waals surface area contributed by atoms with Crippen molar-refractivity contribution < 1.29 is 22.3 Å². The summed E-state index contributed by atoms with van der Waals surface area (Å²) in [6.45, 7) is -2.98. The molecule has 0 amide bonds. The first kappa shape index (κ1) is 13.5. The van der Waals surface area contributed by atoms with E-state index < -0.39 is 25.0 Å². The maximum atomic E-state index is 12.8. The molecule has 0 saturated carbocycles. The highest BCUT2D eigenvalue weighted by atomic mass is 35.7. The van der Waals surface area contributed by atoms with Gasteiger partial charge in [0, 0.05) is 0 Å². The Hall–Kier alpha value is 0.477. The zero-order valence-electron chi connectivity index (χ0n) is 6.88. The van der Waals surface area contributed by atoms with E-state index in [-0.39, 0.29) is 0 Å². The summed E-state index contributed by atoms with van der Waals surface area (Å²) in [5.74, 6) is 0. The Bertz CT molecular complexity index is 182. The van der Waals surface area contributed by atoms with Gasteiger partial charge in [0.25, 0.3) is 0 Å². The van der Waals surface area contributed by atoms with E-state index in [0.717, 1.165) is 0 Å². The van der Waals surface area contributed by atoms with Crippen LogP contribution >= 0.6 is 22.2 Å². The maximum Gasteiger partial charge on any atom is 0.418 e. The van der Waals surface area contributed by atoms with E-state index in [1.807, 2.05) is 0 Å². The van der Waals surface area contributed by atoms with Crippen molar-refractivity contribution in [3.63, 3.8) is 0 Å². The topological polar surface area (TPSA) is 9.23 Å². The highest BCUT2D eigenvalue weighted by molar-refractivity contribution is 7.45. The number of hydrogen-bond donors (Lipinski definition) is 0. The molecule has 0 heterocycles. The largest absolute Gasteiger partial charge is 0.418 e. The van der Waals surface area contributed by atoms with Crippen LogP contribution in [0.5, 0.6) is 0 Å². The monoisotopic (exact) mass is 258 g/mol. The van der Waals surface area contributed by atoms with Gasteiger partial charge in [0.05, 0.1) is 6.61 Å². The molecule has 80 valence electrons. The van der Waals surface area contributed by atoms with Crippen molar-refractivity contribution in [1.82, 2.24) is 0 Å². The summed E-state index contributed by atoms with van der Waals surface area (Å²) >= 11 is 10.1. The van der Waals surface area contributed by atoms with Crippen LogP contribution in [-0.4, -0.2) is 25.0 Å². The van der Waals surface area contributed by atoms with Gasteiger partial charge in [-0.1, -0.05) is 0 Å². The van der Waals surface area contributed by atoms with Crippen LogP contribution in [-0.2, 0) is 4.74 Å². The molecule has 0 bridgehead atoms. The third-order valence-electron chi connectivity index (χ3n) is 1.24. The molecule has 0 radical (unpaired) electrons. The summed E-state index contributed by atoms with van der Waals surface area (Å²) in [4.78, 5) is 0. The van der Waals surface area contributed by atoms with E-state index in [1.165, 1.54) is 6.92 Å². The van der Waals surface area contributed by atoms with Gasteiger partial charge in [-0.2, -0.15) is 17.6 Å². The molecule has 0 aromatic rings. The van der Waals surface area contributed by atoms with Gasteiger partial charge < -0.3 is 4.74 Å². The van der Waals surface area contributed by atoms with E-state index in [2.05, 4.69) is 4.74 Å². The molecule has 0 fully saturated rings. The van der Waals surface area contributed by atoms with E-state index in [1.54, 1.807) is 0 Å². The summed E-state index contributed by atoms with van der Waals surface area (Å²) in [5.41, 5.74) is -4.50. The van der Waals surface area contributed by atoms with Gasteiger partial charge in [0.15, 0.2) is 0 Å². The Labute approximate surface area is 83.4 Å². The zero-order valence-corrected chi connectivity index (χ0v) is 9.39. The minimum absolute atomic E-state index is 0.541. The summed E-state index contributed by atoms with van der Waals surface area (Å²) in [7, 11) is 0. The van der Waals surface area contributed by atoms with E-state index >= 15 is 0 Å². The van der Waals surface area contributed by atoms with Crippen LogP contribution in [0.4, 0.5) is 17.6 Å². The van der Waals surface area contributed by atoms with Crippen LogP contribution in [0, 0.1) is 0 Å². The highest BCUT2D eigenvalue weighted by Crippen LogP contribution is 2.45. The second-order valence-electron chi connectivity index (χ2n) is 2.41. The summed E-state index contributed by atoms with van der Waals surface area (Å²) in [6, 6.07) is 0. The molecule has 0 rings (SSSR count). The molecule has 0 aliphatic carbocycles. The number of halogens is 6. The smallest absolute Gasteiger partial charge is 0.316 e. The first-order chi connectivity index (χ1) is 5.56. The van der Waals surface area contributed by atoms with Crippen molar-refractivity contribution in [3.05, 3.63) is 0 Å². The Morgan fingerprint density at radius 3 is 1.85 bits per heavy atom. The van der Waals surface area contributed by atoms with Crippen LogP contribution in [0.3, 0.4) is 0 Å². The molecular weight excluding hydrogens is 251 g/mol. The summed E-state index contributed by atoms with van der Waals surface area (Å²) in [5, 5.41) is 0. The normalized spacial score (nSPS) is 14.8. The van der Waals surface area contributed by atoms with Crippen molar-refractivity contribution in [2.24, 2.45) is 0 Å². The quantitative estimate of drug-likeness (QED) is 0.427. The first-order valence-electron chi connectivity index (χ1n) is 3.33. The first-order valence-corrected chi connectivity index (χ1v) is 7.86. The fourth-order valence-electron chi connectivity index (χ4n) is 0.527. The van der Waals surface area contributed by atoms with Gasteiger partial charge in [0.2, 0.25) is 0 Å². The minimum Gasteiger partial charge on any atom is -0.316 e. The zero-order chi connectivity index (χ0) is 10.9. The van der Waals surface area contributed by atoms with Gasteiger partial charge in [0.1, 0.15) is 0 Å². The lowest BCUT2D eigenvalue weighted by Crippen LogP contribution is -2.56. The molecule has 0 N–H and O–H groups in total. The molecule has 8 heteroatoms. The number of rotatable bonds is 4. The lowest BCUT2D eigenvalue weighted by Gasteiger charge is -2.30.